The summed E-state index contributed by atoms with van der Waals surface area (Å²) >= 11 is 6.98. The summed E-state index contributed by atoms with van der Waals surface area (Å²) in [5.41, 5.74) is 0.530. The molecule has 0 fully saturated rings. The van der Waals surface area contributed by atoms with Crippen molar-refractivity contribution < 1.29 is 0 Å². The van der Waals surface area contributed by atoms with Crippen LogP contribution in [0.1, 0.15) is 5.56 Å². The smallest absolute Gasteiger partial charge is 0.120 e. The molecule has 0 aliphatic carbocycles. The van der Waals surface area contributed by atoms with E-state index in [9.17, 15) is 0 Å². The lowest BCUT2D eigenvalue weighted by molar-refractivity contribution is 0.924. The summed E-state index contributed by atoms with van der Waals surface area (Å²) in [6.07, 6.45) is 1.44. The zero-order chi connectivity index (χ0) is 8.81. The molecule has 1 heterocycles. The maximum absolute atomic E-state index is 8.53. The van der Waals surface area contributed by atoms with E-state index in [2.05, 4.69) is 10.2 Å². The van der Waals surface area contributed by atoms with Gasteiger partial charge in [-0.05, 0) is 6.07 Å². The molecule has 0 saturated heterocycles. The first-order valence-electron chi connectivity index (χ1n) is 3.28. The first-order valence-corrected chi connectivity index (χ1v) is 4.80. The van der Waals surface area contributed by atoms with Crippen LogP contribution in [0, 0.1) is 11.3 Å². The first-order chi connectivity index (χ1) is 5.86. The van der Waals surface area contributed by atoms with E-state index in [1.54, 1.807) is 6.07 Å². The van der Waals surface area contributed by atoms with Gasteiger partial charge in [0.2, 0.25) is 0 Å². The van der Waals surface area contributed by atoms with Crippen molar-refractivity contribution >= 4 is 23.4 Å². The number of thioether (sulfide) groups is 1. The predicted octanol–water partition coefficient (Wildman–Crippen LogP) is 1.68. The van der Waals surface area contributed by atoms with Gasteiger partial charge in [-0.1, -0.05) is 0 Å². The molecule has 0 N–H and O–H groups in total. The average Bonchev–Trinajstić information content (AvgIpc) is 2.15. The Hall–Kier alpha value is -0.790. The quantitative estimate of drug-likeness (QED) is 0.549. The van der Waals surface area contributed by atoms with E-state index in [-0.39, 0.29) is 0 Å². The van der Waals surface area contributed by atoms with Crippen molar-refractivity contribution in [1.29, 1.82) is 5.26 Å². The second-order valence-corrected chi connectivity index (χ2v) is 3.42. The summed E-state index contributed by atoms with van der Waals surface area (Å²) in [4.78, 5) is 0. The lowest BCUT2D eigenvalue weighted by Crippen LogP contribution is -1.88. The fraction of sp³-hybridized carbons (Fsp3) is 0.286. The third-order valence-electron chi connectivity index (χ3n) is 1.09. The van der Waals surface area contributed by atoms with Crippen molar-refractivity contribution in [2.45, 2.75) is 5.03 Å². The monoisotopic (exact) mass is 199 g/mol. The molecule has 1 aromatic rings. The Morgan fingerprint density at radius 2 is 2.50 bits per heavy atom. The Morgan fingerprint density at radius 3 is 3.17 bits per heavy atom. The average molecular weight is 200 g/mol. The summed E-state index contributed by atoms with van der Waals surface area (Å²) in [6, 6.07) is 3.69. The van der Waals surface area contributed by atoms with E-state index in [1.165, 1.54) is 18.0 Å². The van der Waals surface area contributed by atoms with E-state index in [0.717, 1.165) is 10.8 Å². The number of nitrogens with zero attached hydrogens (tertiary/aromatic N) is 3. The SMILES string of the molecule is N#Cc1cnnc(SCCCl)c1. The number of nitriles is 1. The van der Waals surface area contributed by atoms with Gasteiger partial charge >= 0.3 is 0 Å². The van der Waals surface area contributed by atoms with E-state index in [1.807, 2.05) is 6.07 Å². The number of hydrogen-bond donors (Lipinski definition) is 0. The Morgan fingerprint density at radius 1 is 1.67 bits per heavy atom. The molecule has 0 bridgehead atoms. The molecule has 0 aliphatic rings. The number of alkyl halides is 1. The summed E-state index contributed by atoms with van der Waals surface area (Å²) < 4.78 is 0. The first kappa shape index (κ1) is 9.30. The highest BCUT2D eigenvalue weighted by Gasteiger charge is 1.97. The summed E-state index contributed by atoms with van der Waals surface area (Å²) in [6.45, 7) is 0. The molecule has 0 atom stereocenters. The molecule has 3 nitrogen and oxygen atoms in total. The van der Waals surface area contributed by atoms with Gasteiger partial charge in [0, 0.05) is 11.6 Å². The molecular formula is C7H6ClN3S. The lowest BCUT2D eigenvalue weighted by atomic mass is 10.3. The molecule has 0 aliphatic heterocycles. The number of halogens is 1. The molecule has 62 valence electrons. The molecule has 5 heteroatoms. The van der Waals surface area contributed by atoms with E-state index in [0.29, 0.717) is 11.4 Å². The Kier molecular flexibility index (Phi) is 3.85. The highest BCUT2D eigenvalue weighted by molar-refractivity contribution is 7.99. The predicted molar refractivity (Wildman–Crippen MR) is 48.2 cm³/mol. The van der Waals surface area contributed by atoms with Crippen LogP contribution in [-0.4, -0.2) is 21.8 Å². The second-order valence-electron chi connectivity index (χ2n) is 1.93. The minimum Gasteiger partial charge on any atom is -0.192 e. The minimum absolute atomic E-state index is 0.530. The largest absolute Gasteiger partial charge is 0.192 e. The standard InChI is InChI=1S/C7H6ClN3S/c8-1-2-12-7-3-6(4-9)5-10-11-7/h3,5H,1-2H2. The Labute approximate surface area is 79.8 Å². The van der Waals surface area contributed by atoms with Crippen LogP contribution in [-0.2, 0) is 0 Å². The molecule has 0 unspecified atom stereocenters. The van der Waals surface area contributed by atoms with Crippen LogP contribution < -0.4 is 0 Å². The van der Waals surface area contributed by atoms with Crippen LogP contribution in [0.15, 0.2) is 17.3 Å². The molecule has 0 radical (unpaired) electrons. The third kappa shape index (κ3) is 2.68. The number of rotatable bonds is 3. The van der Waals surface area contributed by atoms with Crippen LogP contribution in [0.4, 0.5) is 0 Å². The normalized spacial score (nSPS) is 9.33. The van der Waals surface area contributed by atoms with Gasteiger partial charge in [0.25, 0.3) is 0 Å². The zero-order valence-corrected chi connectivity index (χ0v) is 7.77. The van der Waals surface area contributed by atoms with Crippen molar-refractivity contribution in [2.75, 3.05) is 11.6 Å². The maximum Gasteiger partial charge on any atom is 0.120 e. The van der Waals surface area contributed by atoms with Crippen LogP contribution in [0.25, 0.3) is 0 Å². The molecule has 0 spiro atoms. The molecule has 0 aromatic carbocycles. The fourth-order valence-electron chi connectivity index (χ4n) is 0.622. The van der Waals surface area contributed by atoms with Gasteiger partial charge in [-0.2, -0.15) is 10.4 Å². The number of hydrogen-bond acceptors (Lipinski definition) is 4. The molecular weight excluding hydrogens is 194 g/mol. The van der Waals surface area contributed by atoms with Crippen LogP contribution in [0.5, 0.6) is 0 Å². The van der Waals surface area contributed by atoms with Crippen molar-refractivity contribution in [1.82, 2.24) is 10.2 Å². The lowest BCUT2D eigenvalue weighted by Gasteiger charge is -1.95. The van der Waals surface area contributed by atoms with Crippen molar-refractivity contribution in [3.8, 4) is 6.07 Å². The van der Waals surface area contributed by atoms with Crippen molar-refractivity contribution in [3.63, 3.8) is 0 Å². The molecule has 1 aromatic heterocycles. The van der Waals surface area contributed by atoms with Crippen LogP contribution >= 0.6 is 23.4 Å². The van der Waals surface area contributed by atoms with Gasteiger partial charge in [0.1, 0.15) is 11.1 Å². The van der Waals surface area contributed by atoms with Gasteiger partial charge in [0.05, 0.1) is 11.8 Å². The number of aromatic nitrogens is 2. The minimum atomic E-state index is 0.530. The topological polar surface area (TPSA) is 49.6 Å². The third-order valence-corrected chi connectivity index (χ3v) is 2.40. The highest BCUT2D eigenvalue weighted by atomic mass is 35.5. The van der Waals surface area contributed by atoms with Gasteiger partial charge in [0.15, 0.2) is 0 Å². The van der Waals surface area contributed by atoms with E-state index in [4.69, 9.17) is 16.9 Å². The van der Waals surface area contributed by atoms with Gasteiger partial charge in [-0.3, -0.25) is 0 Å². The van der Waals surface area contributed by atoms with Gasteiger partial charge in [-0.15, -0.1) is 28.5 Å². The van der Waals surface area contributed by atoms with E-state index < -0.39 is 0 Å². The molecule has 1 rings (SSSR count). The van der Waals surface area contributed by atoms with Gasteiger partial charge < -0.3 is 0 Å². The molecule has 0 saturated carbocycles. The second kappa shape index (κ2) is 4.96. The summed E-state index contributed by atoms with van der Waals surface area (Å²) in [7, 11) is 0. The maximum atomic E-state index is 8.53. The van der Waals surface area contributed by atoms with Crippen molar-refractivity contribution in [2.24, 2.45) is 0 Å². The molecule has 0 amide bonds. The summed E-state index contributed by atoms with van der Waals surface area (Å²) in [5.74, 6) is 1.36. The fourth-order valence-corrected chi connectivity index (χ4v) is 1.45. The Bertz CT molecular complexity index is 297. The van der Waals surface area contributed by atoms with Crippen molar-refractivity contribution in [3.05, 3.63) is 17.8 Å². The Balaban J connectivity index is 2.68. The van der Waals surface area contributed by atoms with E-state index >= 15 is 0 Å². The van der Waals surface area contributed by atoms with Crippen LogP contribution in [0.3, 0.4) is 0 Å². The highest BCUT2D eigenvalue weighted by Crippen LogP contribution is 2.14. The zero-order valence-electron chi connectivity index (χ0n) is 6.20. The summed E-state index contributed by atoms with van der Waals surface area (Å²) in [5, 5.41) is 16.8. The molecule has 12 heavy (non-hydrogen) atoms. The van der Waals surface area contributed by atoms with Crippen LogP contribution in [0.2, 0.25) is 0 Å². The van der Waals surface area contributed by atoms with Gasteiger partial charge in [-0.25, -0.2) is 0 Å².